The van der Waals surface area contributed by atoms with Gasteiger partial charge in [-0.1, -0.05) is 0 Å². The number of ether oxygens (including phenoxy) is 1. The molecule has 4 heteroatoms. The summed E-state index contributed by atoms with van der Waals surface area (Å²) in [5.41, 5.74) is 0. The van der Waals surface area contributed by atoms with E-state index in [1.807, 2.05) is 14.0 Å². The van der Waals surface area contributed by atoms with Crippen LogP contribution in [0.4, 0.5) is 0 Å². The molecule has 0 aromatic rings. The summed E-state index contributed by atoms with van der Waals surface area (Å²) >= 11 is 5.86. The van der Waals surface area contributed by atoms with Crippen molar-refractivity contribution < 1.29 is 9.53 Å². The average Bonchev–Trinajstić information content (AvgIpc) is 2.11. The Morgan fingerprint density at radius 2 is 2.21 bits per heavy atom. The van der Waals surface area contributed by atoms with Crippen molar-refractivity contribution in [3.8, 4) is 0 Å². The highest BCUT2D eigenvalue weighted by atomic mass is 35.5. The molecule has 0 atom stereocenters. The van der Waals surface area contributed by atoms with Crippen molar-refractivity contribution in [2.75, 3.05) is 26.8 Å². The summed E-state index contributed by atoms with van der Waals surface area (Å²) in [6, 6.07) is 0. The van der Waals surface area contributed by atoms with Crippen LogP contribution in [-0.4, -0.2) is 43.0 Å². The molecule has 1 amide bonds. The maximum atomic E-state index is 11.4. The van der Waals surface area contributed by atoms with Crippen molar-refractivity contribution in [3.63, 3.8) is 0 Å². The number of rotatable bonds is 5. The largest absolute Gasteiger partial charge is 0.372 e. The molecule has 0 radical (unpaired) electrons. The maximum absolute atomic E-state index is 11.4. The molecule has 0 spiro atoms. The first-order valence-corrected chi connectivity index (χ1v) is 5.53. The van der Waals surface area contributed by atoms with Crippen LogP contribution < -0.4 is 0 Å². The van der Waals surface area contributed by atoms with Crippen LogP contribution in [0.2, 0.25) is 0 Å². The van der Waals surface area contributed by atoms with Crippen LogP contribution in [0.3, 0.4) is 0 Å². The Kier molecular flexibility index (Phi) is 4.69. The third-order valence-corrected chi connectivity index (χ3v) is 2.92. The van der Waals surface area contributed by atoms with Crippen molar-refractivity contribution in [2.24, 2.45) is 5.92 Å². The number of hydrogen-bond acceptors (Lipinski definition) is 2. The fraction of sp³-hybridized carbons (Fsp3) is 0.900. The topological polar surface area (TPSA) is 29.5 Å². The molecule has 0 N–H and O–H groups in total. The second-order valence-corrected chi connectivity index (χ2v) is 4.46. The molecule has 1 saturated carbocycles. The van der Waals surface area contributed by atoms with Gasteiger partial charge in [0.2, 0.25) is 5.91 Å². The van der Waals surface area contributed by atoms with Crippen LogP contribution in [0.15, 0.2) is 0 Å². The van der Waals surface area contributed by atoms with E-state index in [0.717, 1.165) is 19.4 Å². The van der Waals surface area contributed by atoms with Crippen LogP contribution in [0, 0.1) is 5.92 Å². The second kappa shape index (κ2) is 5.56. The zero-order valence-corrected chi connectivity index (χ0v) is 9.59. The number of hydrogen-bond donors (Lipinski definition) is 0. The molecule has 0 heterocycles. The monoisotopic (exact) mass is 219 g/mol. The zero-order valence-electron chi connectivity index (χ0n) is 8.83. The third-order valence-electron chi connectivity index (χ3n) is 2.57. The SMILES string of the molecule is CCOCC(=O)N(C)CC1CC(Cl)C1. The smallest absolute Gasteiger partial charge is 0.248 e. The van der Waals surface area contributed by atoms with Crippen molar-refractivity contribution in [1.82, 2.24) is 4.90 Å². The summed E-state index contributed by atoms with van der Waals surface area (Å²) in [6.45, 7) is 3.49. The standard InChI is InChI=1S/C10H18ClNO2/c1-3-14-7-10(13)12(2)6-8-4-9(11)5-8/h8-9H,3-7H2,1-2H3. The molecule has 0 bridgehead atoms. The first-order valence-electron chi connectivity index (χ1n) is 5.09. The summed E-state index contributed by atoms with van der Waals surface area (Å²) < 4.78 is 5.05. The maximum Gasteiger partial charge on any atom is 0.248 e. The van der Waals surface area contributed by atoms with E-state index in [-0.39, 0.29) is 12.5 Å². The lowest BCUT2D eigenvalue weighted by Gasteiger charge is -2.34. The Morgan fingerprint density at radius 1 is 1.57 bits per heavy atom. The highest BCUT2D eigenvalue weighted by molar-refractivity contribution is 6.21. The lowest BCUT2D eigenvalue weighted by atomic mass is 9.84. The van der Waals surface area contributed by atoms with Crippen LogP contribution in [0.25, 0.3) is 0 Å². The van der Waals surface area contributed by atoms with Crippen molar-refractivity contribution >= 4 is 17.5 Å². The molecule has 1 aliphatic carbocycles. The summed E-state index contributed by atoms with van der Waals surface area (Å²) in [5, 5.41) is 0.329. The summed E-state index contributed by atoms with van der Waals surface area (Å²) in [6.07, 6.45) is 2.07. The van der Waals surface area contributed by atoms with Crippen molar-refractivity contribution in [2.45, 2.75) is 25.1 Å². The number of nitrogens with zero attached hydrogens (tertiary/aromatic N) is 1. The first kappa shape index (κ1) is 11.8. The molecule has 0 aromatic heterocycles. The number of likely N-dealkylation sites (N-methyl/N-ethyl adjacent to an activating group) is 1. The molecule has 14 heavy (non-hydrogen) atoms. The van der Waals surface area contributed by atoms with Gasteiger partial charge in [0.15, 0.2) is 0 Å². The van der Waals surface area contributed by atoms with Gasteiger partial charge in [-0.25, -0.2) is 0 Å². The quantitative estimate of drug-likeness (QED) is 0.656. The summed E-state index contributed by atoms with van der Waals surface area (Å²) in [5.74, 6) is 0.651. The molecule has 0 saturated heterocycles. The van der Waals surface area contributed by atoms with Gasteiger partial charge in [0, 0.05) is 25.6 Å². The molecular weight excluding hydrogens is 202 g/mol. The van der Waals surface area contributed by atoms with E-state index < -0.39 is 0 Å². The fourth-order valence-corrected chi connectivity index (χ4v) is 2.10. The number of carbonyl (C=O) groups excluding carboxylic acids is 1. The Labute approximate surface area is 90.4 Å². The van der Waals surface area contributed by atoms with Gasteiger partial charge in [0.25, 0.3) is 0 Å². The fourth-order valence-electron chi connectivity index (χ4n) is 1.59. The molecule has 1 fully saturated rings. The average molecular weight is 220 g/mol. The van der Waals surface area contributed by atoms with E-state index in [0.29, 0.717) is 17.9 Å². The third kappa shape index (κ3) is 3.46. The predicted octanol–water partition coefficient (Wildman–Crippen LogP) is 1.50. The van der Waals surface area contributed by atoms with Gasteiger partial charge in [-0.2, -0.15) is 0 Å². The van der Waals surface area contributed by atoms with E-state index in [1.165, 1.54) is 0 Å². The highest BCUT2D eigenvalue weighted by Gasteiger charge is 2.28. The molecule has 3 nitrogen and oxygen atoms in total. The van der Waals surface area contributed by atoms with Crippen LogP contribution >= 0.6 is 11.6 Å². The van der Waals surface area contributed by atoms with Gasteiger partial charge in [0.1, 0.15) is 6.61 Å². The lowest BCUT2D eigenvalue weighted by Crippen LogP contribution is -2.39. The van der Waals surface area contributed by atoms with Crippen molar-refractivity contribution in [1.29, 1.82) is 0 Å². The lowest BCUT2D eigenvalue weighted by molar-refractivity contribution is -0.135. The molecule has 1 rings (SSSR count). The molecule has 82 valence electrons. The van der Waals surface area contributed by atoms with Gasteiger partial charge >= 0.3 is 0 Å². The first-order chi connectivity index (χ1) is 6.63. The Bertz CT molecular complexity index is 193. The van der Waals surface area contributed by atoms with Gasteiger partial charge in [0.05, 0.1) is 0 Å². The number of alkyl halides is 1. The van der Waals surface area contributed by atoms with Gasteiger partial charge in [-0.05, 0) is 25.7 Å². The van der Waals surface area contributed by atoms with E-state index >= 15 is 0 Å². The van der Waals surface area contributed by atoms with Gasteiger partial charge in [-0.3, -0.25) is 4.79 Å². The number of halogens is 1. The molecule has 0 unspecified atom stereocenters. The molecule has 0 aromatic carbocycles. The molecule has 1 aliphatic rings. The number of amides is 1. The molecule has 0 aliphatic heterocycles. The van der Waals surface area contributed by atoms with Gasteiger partial charge in [-0.15, -0.1) is 11.6 Å². The Hall–Kier alpha value is -0.280. The van der Waals surface area contributed by atoms with Crippen LogP contribution in [0.1, 0.15) is 19.8 Å². The Morgan fingerprint density at radius 3 is 2.71 bits per heavy atom. The second-order valence-electron chi connectivity index (χ2n) is 3.85. The zero-order chi connectivity index (χ0) is 10.6. The van der Waals surface area contributed by atoms with E-state index in [2.05, 4.69) is 0 Å². The molecular formula is C10H18ClNO2. The van der Waals surface area contributed by atoms with E-state index in [1.54, 1.807) is 4.90 Å². The summed E-state index contributed by atoms with van der Waals surface area (Å²) in [4.78, 5) is 13.2. The minimum Gasteiger partial charge on any atom is -0.372 e. The number of carbonyl (C=O) groups is 1. The summed E-state index contributed by atoms with van der Waals surface area (Å²) in [7, 11) is 1.82. The van der Waals surface area contributed by atoms with E-state index in [4.69, 9.17) is 16.3 Å². The normalized spacial score (nSPS) is 25.6. The predicted molar refractivity (Wildman–Crippen MR) is 56.5 cm³/mol. The van der Waals surface area contributed by atoms with E-state index in [9.17, 15) is 4.79 Å². The van der Waals surface area contributed by atoms with Crippen LogP contribution in [-0.2, 0) is 9.53 Å². The van der Waals surface area contributed by atoms with Crippen molar-refractivity contribution in [3.05, 3.63) is 0 Å². The highest BCUT2D eigenvalue weighted by Crippen LogP contribution is 2.32. The van der Waals surface area contributed by atoms with Gasteiger partial charge < -0.3 is 9.64 Å². The Balaban J connectivity index is 2.14. The minimum atomic E-state index is 0.0601. The van der Waals surface area contributed by atoms with Crippen LogP contribution in [0.5, 0.6) is 0 Å². The minimum absolute atomic E-state index is 0.0601.